The van der Waals surface area contributed by atoms with Crippen LogP contribution in [0.2, 0.25) is 0 Å². The predicted molar refractivity (Wildman–Crippen MR) is 84.9 cm³/mol. The first-order valence-electron chi connectivity index (χ1n) is 7.93. The molecule has 0 bridgehead atoms. The molecule has 0 saturated carbocycles. The van der Waals surface area contributed by atoms with Crippen molar-refractivity contribution < 1.29 is 13.5 Å². The van der Waals surface area contributed by atoms with Gasteiger partial charge in [0, 0.05) is 44.2 Å². The third-order valence-electron chi connectivity index (χ3n) is 4.27. The van der Waals surface area contributed by atoms with Crippen LogP contribution >= 0.6 is 0 Å². The van der Waals surface area contributed by atoms with E-state index in [4.69, 9.17) is 4.74 Å². The highest BCUT2D eigenvalue weighted by Gasteiger charge is 2.28. The van der Waals surface area contributed by atoms with Gasteiger partial charge in [-0.2, -0.15) is 0 Å². The van der Waals surface area contributed by atoms with Crippen molar-refractivity contribution >= 4 is 0 Å². The number of ether oxygens (including phenoxy) is 1. The molecule has 0 unspecified atom stereocenters. The normalized spacial score (nSPS) is 18.0. The van der Waals surface area contributed by atoms with Gasteiger partial charge >= 0.3 is 0 Å². The summed E-state index contributed by atoms with van der Waals surface area (Å²) in [5.41, 5.74) is 2.04. The summed E-state index contributed by atoms with van der Waals surface area (Å²) >= 11 is 0. The second-order valence-corrected chi connectivity index (χ2v) is 6.08. The number of nitrogens with one attached hydrogen (secondary N) is 1. The van der Waals surface area contributed by atoms with E-state index in [-0.39, 0.29) is 12.5 Å². The third kappa shape index (κ3) is 4.17. The first kappa shape index (κ1) is 17.2. The standard InChI is InChI=1S/C17H26F2N2O/c1-12(2)13-4-5-16(22-3)14(10-13)15(11-17(18)19)21-8-6-20-7-9-21/h4-5,10,12,15,17,20H,6-9,11H2,1-3H3/t15-/m0/s1. The molecule has 1 fully saturated rings. The fraction of sp³-hybridized carbons (Fsp3) is 0.647. The average Bonchev–Trinajstić information content (AvgIpc) is 2.52. The summed E-state index contributed by atoms with van der Waals surface area (Å²) in [4.78, 5) is 2.14. The van der Waals surface area contributed by atoms with Gasteiger partial charge in [-0.25, -0.2) is 8.78 Å². The molecular formula is C17H26F2N2O. The topological polar surface area (TPSA) is 24.5 Å². The van der Waals surface area contributed by atoms with E-state index >= 15 is 0 Å². The first-order valence-corrected chi connectivity index (χ1v) is 7.93. The lowest BCUT2D eigenvalue weighted by Crippen LogP contribution is -2.45. The Morgan fingerprint density at radius 1 is 1.23 bits per heavy atom. The van der Waals surface area contributed by atoms with Crippen molar-refractivity contribution in [3.05, 3.63) is 29.3 Å². The molecule has 22 heavy (non-hydrogen) atoms. The number of piperazine rings is 1. The Morgan fingerprint density at radius 3 is 2.45 bits per heavy atom. The lowest BCUT2D eigenvalue weighted by atomic mass is 9.94. The Kier molecular flexibility index (Phi) is 6.15. The molecule has 1 atom stereocenters. The molecule has 1 aliphatic rings. The van der Waals surface area contributed by atoms with Crippen molar-refractivity contribution in [1.82, 2.24) is 10.2 Å². The van der Waals surface area contributed by atoms with Crippen LogP contribution in [0, 0.1) is 0 Å². The Balaban J connectivity index is 2.37. The molecule has 124 valence electrons. The maximum absolute atomic E-state index is 13.1. The van der Waals surface area contributed by atoms with Gasteiger partial charge in [0.1, 0.15) is 5.75 Å². The zero-order chi connectivity index (χ0) is 16.1. The quantitative estimate of drug-likeness (QED) is 0.871. The summed E-state index contributed by atoms with van der Waals surface area (Å²) in [6.07, 6.45) is -2.48. The number of benzene rings is 1. The highest BCUT2D eigenvalue weighted by Crippen LogP contribution is 2.35. The van der Waals surface area contributed by atoms with Gasteiger partial charge in [-0.1, -0.05) is 26.0 Å². The smallest absolute Gasteiger partial charge is 0.240 e. The zero-order valence-corrected chi connectivity index (χ0v) is 13.6. The van der Waals surface area contributed by atoms with Gasteiger partial charge < -0.3 is 10.1 Å². The monoisotopic (exact) mass is 312 g/mol. The lowest BCUT2D eigenvalue weighted by Gasteiger charge is -2.36. The molecule has 1 aromatic carbocycles. The number of methoxy groups -OCH3 is 1. The molecule has 1 heterocycles. The second kappa shape index (κ2) is 7.88. The van der Waals surface area contributed by atoms with Crippen molar-refractivity contribution in [2.24, 2.45) is 0 Å². The van der Waals surface area contributed by atoms with Crippen molar-refractivity contribution in [3.8, 4) is 5.75 Å². The highest BCUT2D eigenvalue weighted by atomic mass is 19.3. The highest BCUT2D eigenvalue weighted by molar-refractivity contribution is 5.40. The predicted octanol–water partition coefficient (Wildman–Crippen LogP) is 3.42. The minimum Gasteiger partial charge on any atom is -0.496 e. The molecule has 0 amide bonds. The van der Waals surface area contributed by atoms with Crippen molar-refractivity contribution in [3.63, 3.8) is 0 Å². The second-order valence-electron chi connectivity index (χ2n) is 6.08. The van der Waals surface area contributed by atoms with Crippen molar-refractivity contribution in [1.29, 1.82) is 0 Å². The maximum Gasteiger partial charge on any atom is 0.240 e. The molecule has 0 aromatic heterocycles. The van der Waals surface area contributed by atoms with E-state index in [0.29, 0.717) is 11.7 Å². The molecule has 1 aliphatic heterocycles. The number of alkyl halides is 2. The molecule has 0 aliphatic carbocycles. The van der Waals surface area contributed by atoms with E-state index in [9.17, 15) is 8.78 Å². The summed E-state index contributed by atoms with van der Waals surface area (Å²) in [5.74, 6) is 1.06. The summed E-state index contributed by atoms with van der Waals surface area (Å²) in [5, 5.41) is 3.27. The number of hydrogen-bond donors (Lipinski definition) is 1. The Bertz CT molecular complexity index is 474. The summed E-state index contributed by atoms with van der Waals surface area (Å²) in [7, 11) is 1.60. The molecule has 0 spiro atoms. The summed E-state index contributed by atoms with van der Waals surface area (Å²) < 4.78 is 31.7. The van der Waals surface area contributed by atoms with E-state index in [1.807, 2.05) is 18.2 Å². The van der Waals surface area contributed by atoms with Gasteiger partial charge in [-0.15, -0.1) is 0 Å². The van der Waals surface area contributed by atoms with E-state index in [0.717, 1.165) is 37.3 Å². The van der Waals surface area contributed by atoms with Crippen LogP contribution in [0.4, 0.5) is 8.78 Å². The van der Waals surface area contributed by atoms with Crippen LogP contribution in [0.25, 0.3) is 0 Å². The van der Waals surface area contributed by atoms with Crippen LogP contribution in [0.1, 0.15) is 43.4 Å². The fourth-order valence-corrected chi connectivity index (χ4v) is 3.01. The summed E-state index contributed by atoms with van der Waals surface area (Å²) in [6, 6.07) is 5.67. The number of rotatable bonds is 6. The molecule has 1 aromatic rings. The Hall–Kier alpha value is -1.20. The molecule has 2 rings (SSSR count). The van der Waals surface area contributed by atoms with Gasteiger partial charge in [-0.3, -0.25) is 4.90 Å². The van der Waals surface area contributed by atoms with Crippen LogP contribution in [-0.2, 0) is 0 Å². The fourth-order valence-electron chi connectivity index (χ4n) is 3.01. The van der Waals surface area contributed by atoms with Gasteiger partial charge in [0.25, 0.3) is 0 Å². The third-order valence-corrected chi connectivity index (χ3v) is 4.27. The van der Waals surface area contributed by atoms with Crippen LogP contribution in [0.3, 0.4) is 0 Å². The number of hydrogen-bond acceptors (Lipinski definition) is 3. The Labute approximate surface area is 131 Å². The minimum absolute atomic E-state index is 0.155. The van der Waals surface area contributed by atoms with Gasteiger partial charge in [0.05, 0.1) is 7.11 Å². The zero-order valence-electron chi connectivity index (χ0n) is 13.6. The van der Waals surface area contributed by atoms with Gasteiger partial charge in [0.2, 0.25) is 6.43 Å². The van der Waals surface area contributed by atoms with Crippen LogP contribution in [0.5, 0.6) is 5.75 Å². The van der Waals surface area contributed by atoms with E-state index < -0.39 is 6.43 Å². The molecule has 1 saturated heterocycles. The van der Waals surface area contributed by atoms with Crippen molar-refractivity contribution in [2.45, 2.75) is 38.7 Å². The van der Waals surface area contributed by atoms with Crippen LogP contribution in [-0.4, -0.2) is 44.6 Å². The lowest BCUT2D eigenvalue weighted by molar-refractivity contribution is 0.0729. The summed E-state index contributed by atoms with van der Waals surface area (Å²) in [6.45, 7) is 7.47. The molecule has 1 N–H and O–H groups in total. The van der Waals surface area contributed by atoms with E-state index in [1.54, 1.807) is 7.11 Å². The molecular weight excluding hydrogens is 286 g/mol. The molecule has 0 radical (unpaired) electrons. The van der Waals surface area contributed by atoms with Gasteiger partial charge in [0.15, 0.2) is 0 Å². The van der Waals surface area contributed by atoms with Gasteiger partial charge in [-0.05, 0) is 17.5 Å². The maximum atomic E-state index is 13.1. The minimum atomic E-state index is -2.33. The van der Waals surface area contributed by atoms with E-state index in [2.05, 4.69) is 24.1 Å². The van der Waals surface area contributed by atoms with Crippen LogP contribution in [0.15, 0.2) is 18.2 Å². The average molecular weight is 312 g/mol. The van der Waals surface area contributed by atoms with E-state index in [1.165, 1.54) is 0 Å². The first-order chi connectivity index (χ1) is 10.5. The Morgan fingerprint density at radius 2 is 1.91 bits per heavy atom. The molecule has 5 heteroatoms. The molecule has 3 nitrogen and oxygen atoms in total. The van der Waals surface area contributed by atoms with Crippen LogP contribution < -0.4 is 10.1 Å². The SMILES string of the molecule is COc1ccc(C(C)C)cc1[C@H](CC(F)F)N1CCNCC1. The largest absolute Gasteiger partial charge is 0.496 e. The number of halogens is 2. The van der Waals surface area contributed by atoms with Crippen molar-refractivity contribution in [2.75, 3.05) is 33.3 Å². The number of nitrogens with zero attached hydrogens (tertiary/aromatic N) is 1.